The molecule has 0 aromatic heterocycles. The molecule has 0 aliphatic carbocycles. The van der Waals surface area contributed by atoms with Crippen molar-refractivity contribution in [1.29, 1.82) is 0 Å². The second-order valence-corrected chi connectivity index (χ2v) is 6.87. The van der Waals surface area contributed by atoms with Crippen molar-refractivity contribution in [3.63, 3.8) is 0 Å². The summed E-state index contributed by atoms with van der Waals surface area (Å²) in [6.45, 7) is 6.33. The summed E-state index contributed by atoms with van der Waals surface area (Å²) in [5, 5.41) is 14.5. The van der Waals surface area contributed by atoms with Gasteiger partial charge in [0, 0.05) is 29.1 Å². The highest BCUT2D eigenvalue weighted by Gasteiger charge is 2.33. The van der Waals surface area contributed by atoms with Crippen LogP contribution in [0.3, 0.4) is 0 Å². The largest absolute Gasteiger partial charge is 0.381 e. The summed E-state index contributed by atoms with van der Waals surface area (Å²) in [6.07, 6.45) is 1.17. The average molecular weight is 280 g/mol. The molecule has 0 bridgehead atoms. The number of hydrogen-bond acceptors (Lipinski definition) is 4. The van der Waals surface area contributed by atoms with Gasteiger partial charge < -0.3 is 5.32 Å². The topological polar surface area (TPSA) is 55.2 Å². The molecule has 2 rings (SSSR count). The van der Waals surface area contributed by atoms with Crippen molar-refractivity contribution in [2.75, 3.05) is 16.8 Å². The number of thioether (sulfide) groups is 1. The molecule has 4 nitrogen and oxygen atoms in total. The molecule has 1 unspecified atom stereocenters. The molecular formula is C14H20N2O2S. The lowest BCUT2D eigenvalue weighted by Gasteiger charge is -2.39. The normalized spacial score (nSPS) is 21.9. The van der Waals surface area contributed by atoms with Gasteiger partial charge in [-0.2, -0.15) is 11.8 Å². The summed E-state index contributed by atoms with van der Waals surface area (Å²) >= 11 is 1.94. The second-order valence-electron chi connectivity index (χ2n) is 5.72. The Morgan fingerprint density at radius 1 is 1.47 bits per heavy atom. The molecule has 0 saturated carbocycles. The molecular weight excluding hydrogens is 260 g/mol. The maximum atomic E-state index is 11.0. The zero-order chi connectivity index (χ0) is 14.0. The average Bonchev–Trinajstić information content (AvgIpc) is 2.33. The molecule has 1 heterocycles. The van der Waals surface area contributed by atoms with Gasteiger partial charge in [-0.1, -0.05) is 19.9 Å². The molecule has 0 amide bonds. The Bertz CT molecular complexity index is 488. The maximum Gasteiger partial charge on any atom is 0.274 e. The zero-order valence-corrected chi connectivity index (χ0v) is 12.4. The third-order valence-electron chi connectivity index (χ3n) is 3.95. The summed E-state index contributed by atoms with van der Waals surface area (Å²) in [7, 11) is 0. The number of nitrogens with zero attached hydrogens (tertiary/aromatic N) is 1. The highest BCUT2D eigenvalue weighted by molar-refractivity contribution is 7.99. The minimum absolute atomic E-state index is 0.186. The van der Waals surface area contributed by atoms with Gasteiger partial charge in [0.25, 0.3) is 5.69 Å². The highest BCUT2D eigenvalue weighted by atomic mass is 32.2. The van der Waals surface area contributed by atoms with Crippen LogP contribution in [0.1, 0.15) is 25.8 Å². The first-order valence-electron chi connectivity index (χ1n) is 6.50. The SMILES string of the molecule is Cc1c(NC2CSCCC2(C)C)cccc1[N+](=O)[O-]. The van der Waals surface area contributed by atoms with Crippen molar-refractivity contribution < 1.29 is 4.92 Å². The fraction of sp³-hybridized carbons (Fsp3) is 0.571. The number of anilines is 1. The predicted molar refractivity (Wildman–Crippen MR) is 81.0 cm³/mol. The van der Waals surface area contributed by atoms with E-state index in [2.05, 4.69) is 19.2 Å². The van der Waals surface area contributed by atoms with Crippen LogP contribution in [-0.4, -0.2) is 22.5 Å². The Morgan fingerprint density at radius 2 is 2.21 bits per heavy atom. The molecule has 1 N–H and O–H groups in total. The van der Waals surface area contributed by atoms with Crippen LogP contribution < -0.4 is 5.32 Å². The maximum absolute atomic E-state index is 11.0. The summed E-state index contributed by atoms with van der Waals surface area (Å²) < 4.78 is 0. The molecule has 1 aromatic rings. The summed E-state index contributed by atoms with van der Waals surface area (Å²) in [4.78, 5) is 10.6. The minimum atomic E-state index is -0.318. The van der Waals surface area contributed by atoms with Crippen molar-refractivity contribution in [1.82, 2.24) is 0 Å². The monoisotopic (exact) mass is 280 g/mol. The van der Waals surface area contributed by atoms with Gasteiger partial charge in [-0.05, 0) is 30.6 Å². The first-order valence-corrected chi connectivity index (χ1v) is 7.65. The number of hydrogen-bond donors (Lipinski definition) is 1. The van der Waals surface area contributed by atoms with Gasteiger partial charge in [0.1, 0.15) is 0 Å². The predicted octanol–water partition coefficient (Wildman–Crippen LogP) is 3.85. The number of benzene rings is 1. The molecule has 0 radical (unpaired) electrons. The Kier molecular flexibility index (Phi) is 4.04. The molecule has 1 saturated heterocycles. The smallest absolute Gasteiger partial charge is 0.274 e. The second kappa shape index (κ2) is 5.41. The molecule has 0 spiro atoms. The Hall–Kier alpha value is -1.23. The molecule has 1 fully saturated rings. The van der Waals surface area contributed by atoms with E-state index in [1.807, 2.05) is 24.8 Å². The molecule has 1 aliphatic rings. The lowest BCUT2D eigenvalue weighted by atomic mass is 9.82. The van der Waals surface area contributed by atoms with E-state index in [9.17, 15) is 10.1 Å². The fourth-order valence-corrected chi connectivity index (χ4v) is 3.95. The lowest BCUT2D eigenvalue weighted by Crippen LogP contribution is -2.41. The molecule has 19 heavy (non-hydrogen) atoms. The van der Waals surface area contributed by atoms with Gasteiger partial charge in [-0.25, -0.2) is 0 Å². The van der Waals surface area contributed by atoms with E-state index in [1.54, 1.807) is 12.1 Å². The van der Waals surface area contributed by atoms with Crippen molar-refractivity contribution in [3.8, 4) is 0 Å². The van der Waals surface area contributed by atoms with Crippen LogP contribution >= 0.6 is 11.8 Å². The summed E-state index contributed by atoms with van der Waals surface area (Å²) in [5.74, 6) is 2.24. The molecule has 1 aliphatic heterocycles. The van der Waals surface area contributed by atoms with Crippen LogP contribution in [0, 0.1) is 22.5 Å². The van der Waals surface area contributed by atoms with Crippen LogP contribution in [0.5, 0.6) is 0 Å². The van der Waals surface area contributed by atoms with E-state index in [0.29, 0.717) is 6.04 Å². The van der Waals surface area contributed by atoms with Crippen LogP contribution in [0.4, 0.5) is 11.4 Å². The number of nitro benzene ring substituents is 1. The Morgan fingerprint density at radius 3 is 2.84 bits per heavy atom. The number of nitrogens with one attached hydrogen (secondary N) is 1. The quantitative estimate of drug-likeness (QED) is 0.675. The van der Waals surface area contributed by atoms with Crippen LogP contribution in [0.15, 0.2) is 18.2 Å². The standard InChI is InChI=1S/C14H20N2O2S/c1-10-11(5-4-6-12(10)16(17)18)15-13-9-19-8-7-14(13,2)3/h4-6,13,15H,7-9H2,1-3H3. The fourth-order valence-electron chi connectivity index (χ4n) is 2.34. The van der Waals surface area contributed by atoms with Crippen LogP contribution in [0.2, 0.25) is 0 Å². The third kappa shape index (κ3) is 3.03. The van der Waals surface area contributed by atoms with Gasteiger partial charge in [-0.15, -0.1) is 0 Å². The van der Waals surface area contributed by atoms with Gasteiger partial charge in [-0.3, -0.25) is 10.1 Å². The first kappa shape index (κ1) is 14.2. The number of rotatable bonds is 3. The van der Waals surface area contributed by atoms with E-state index in [4.69, 9.17) is 0 Å². The van der Waals surface area contributed by atoms with Crippen molar-refractivity contribution in [2.45, 2.75) is 33.2 Å². The van der Waals surface area contributed by atoms with E-state index >= 15 is 0 Å². The Balaban J connectivity index is 2.23. The van der Waals surface area contributed by atoms with E-state index in [0.717, 1.165) is 17.0 Å². The zero-order valence-electron chi connectivity index (χ0n) is 11.6. The Labute approximate surface area is 118 Å². The van der Waals surface area contributed by atoms with Gasteiger partial charge >= 0.3 is 0 Å². The molecule has 1 aromatic carbocycles. The molecule has 5 heteroatoms. The van der Waals surface area contributed by atoms with Crippen molar-refractivity contribution in [3.05, 3.63) is 33.9 Å². The summed E-state index contributed by atoms with van der Waals surface area (Å²) in [5.41, 5.74) is 2.02. The molecule has 1 atom stereocenters. The van der Waals surface area contributed by atoms with Gasteiger partial charge in [0.05, 0.1) is 4.92 Å². The van der Waals surface area contributed by atoms with E-state index in [-0.39, 0.29) is 16.0 Å². The number of nitro groups is 1. The van der Waals surface area contributed by atoms with Gasteiger partial charge in [0.15, 0.2) is 0 Å². The highest BCUT2D eigenvalue weighted by Crippen LogP contribution is 2.37. The van der Waals surface area contributed by atoms with Crippen LogP contribution in [-0.2, 0) is 0 Å². The summed E-state index contributed by atoms with van der Waals surface area (Å²) in [6, 6.07) is 5.59. The first-order chi connectivity index (χ1) is 8.92. The van der Waals surface area contributed by atoms with E-state index in [1.165, 1.54) is 12.2 Å². The van der Waals surface area contributed by atoms with Crippen LogP contribution in [0.25, 0.3) is 0 Å². The lowest BCUT2D eigenvalue weighted by molar-refractivity contribution is -0.385. The van der Waals surface area contributed by atoms with Crippen molar-refractivity contribution in [2.24, 2.45) is 5.41 Å². The molecule has 104 valence electrons. The van der Waals surface area contributed by atoms with Gasteiger partial charge in [0.2, 0.25) is 0 Å². The third-order valence-corrected chi connectivity index (χ3v) is 5.01. The van der Waals surface area contributed by atoms with Crippen molar-refractivity contribution >= 4 is 23.1 Å². The minimum Gasteiger partial charge on any atom is -0.381 e. The van der Waals surface area contributed by atoms with E-state index < -0.39 is 0 Å².